The monoisotopic (exact) mass is 363 g/mol. The molecule has 0 spiro atoms. The molecule has 0 fully saturated rings. The summed E-state index contributed by atoms with van der Waals surface area (Å²) in [5.41, 5.74) is 1.38. The van der Waals surface area contributed by atoms with Crippen molar-refractivity contribution in [2.75, 3.05) is 11.9 Å². The zero-order chi connectivity index (χ0) is 18.6. The molecule has 4 nitrogen and oxygen atoms in total. The Morgan fingerprint density at radius 1 is 1.12 bits per heavy atom. The third-order valence-corrected chi connectivity index (χ3v) is 3.76. The minimum absolute atomic E-state index is 0.0228. The summed E-state index contributed by atoms with van der Waals surface area (Å²) in [4.78, 5) is 23.8. The molecule has 0 saturated carbocycles. The topological polar surface area (TPSA) is 55.4 Å². The van der Waals surface area contributed by atoms with Crippen LogP contribution < -0.4 is 5.32 Å². The van der Waals surface area contributed by atoms with Crippen molar-refractivity contribution in [1.29, 1.82) is 0 Å². The van der Waals surface area contributed by atoms with Crippen molar-refractivity contribution in [2.24, 2.45) is 0 Å². The first-order valence-electron chi connectivity index (χ1n) is 7.69. The summed E-state index contributed by atoms with van der Waals surface area (Å²) in [7, 11) is 0. The lowest BCUT2D eigenvalue weighted by Gasteiger charge is -2.18. The van der Waals surface area contributed by atoms with Gasteiger partial charge in [-0.3, -0.25) is 4.79 Å². The van der Waals surface area contributed by atoms with E-state index in [0.717, 1.165) is 11.6 Å². The number of halogens is 2. The second kappa shape index (κ2) is 7.66. The molecule has 0 unspecified atom stereocenters. The van der Waals surface area contributed by atoms with E-state index in [0.29, 0.717) is 5.56 Å². The predicted octanol–water partition coefficient (Wildman–Crippen LogP) is 4.57. The molecule has 6 heteroatoms. The van der Waals surface area contributed by atoms with Crippen molar-refractivity contribution < 1.29 is 18.7 Å². The molecule has 132 valence electrons. The van der Waals surface area contributed by atoms with E-state index in [9.17, 15) is 14.0 Å². The Morgan fingerprint density at radius 2 is 1.76 bits per heavy atom. The smallest absolute Gasteiger partial charge is 0.338 e. The van der Waals surface area contributed by atoms with Crippen LogP contribution in [0.2, 0.25) is 5.02 Å². The molecule has 25 heavy (non-hydrogen) atoms. The summed E-state index contributed by atoms with van der Waals surface area (Å²) < 4.78 is 18.6. The maximum Gasteiger partial charge on any atom is 0.338 e. The highest BCUT2D eigenvalue weighted by atomic mass is 35.5. The van der Waals surface area contributed by atoms with Gasteiger partial charge in [-0.15, -0.1) is 0 Å². The zero-order valence-corrected chi connectivity index (χ0v) is 15.0. The first-order valence-corrected chi connectivity index (χ1v) is 8.07. The summed E-state index contributed by atoms with van der Waals surface area (Å²) in [6, 6.07) is 10.9. The molecule has 0 aromatic heterocycles. The molecule has 0 radical (unpaired) electrons. The number of nitrogens with one attached hydrogen (secondary N) is 1. The lowest BCUT2D eigenvalue weighted by atomic mass is 9.87. The van der Waals surface area contributed by atoms with Gasteiger partial charge in [0.25, 0.3) is 5.91 Å². The number of anilines is 1. The van der Waals surface area contributed by atoms with Gasteiger partial charge in [-0.05, 0) is 41.3 Å². The standard InChI is InChI=1S/C19H19ClFNO3/c1-19(2,3)13-6-4-12(5-7-13)18(24)25-11-17(23)22-16-9-8-14(20)10-15(16)21/h4-10H,11H2,1-3H3,(H,22,23). The minimum Gasteiger partial charge on any atom is -0.452 e. The molecule has 1 amide bonds. The van der Waals surface area contributed by atoms with E-state index in [1.807, 2.05) is 12.1 Å². The zero-order valence-electron chi connectivity index (χ0n) is 14.2. The summed E-state index contributed by atoms with van der Waals surface area (Å²) in [6.07, 6.45) is 0. The van der Waals surface area contributed by atoms with Crippen LogP contribution >= 0.6 is 11.6 Å². The Bertz CT molecular complexity index is 782. The molecule has 1 N–H and O–H groups in total. The normalized spacial score (nSPS) is 11.1. The number of ether oxygens (including phenoxy) is 1. The van der Waals surface area contributed by atoms with Gasteiger partial charge in [0.05, 0.1) is 11.3 Å². The number of amides is 1. The molecule has 0 bridgehead atoms. The number of benzene rings is 2. The van der Waals surface area contributed by atoms with Gasteiger partial charge in [-0.25, -0.2) is 9.18 Å². The molecular weight excluding hydrogens is 345 g/mol. The Labute approximate surface area is 150 Å². The van der Waals surface area contributed by atoms with Crippen LogP contribution in [0.1, 0.15) is 36.7 Å². The van der Waals surface area contributed by atoms with Crippen molar-refractivity contribution in [3.8, 4) is 0 Å². The van der Waals surface area contributed by atoms with Crippen LogP contribution in [0.4, 0.5) is 10.1 Å². The minimum atomic E-state index is -0.662. The fraction of sp³-hybridized carbons (Fsp3) is 0.263. The van der Waals surface area contributed by atoms with E-state index >= 15 is 0 Å². The number of hydrogen-bond acceptors (Lipinski definition) is 3. The second-order valence-electron chi connectivity index (χ2n) is 6.58. The molecule has 0 aliphatic carbocycles. The molecule has 2 aromatic rings. The molecular formula is C19H19ClFNO3. The van der Waals surface area contributed by atoms with Gasteiger partial charge >= 0.3 is 5.97 Å². The van der Waals surface area contributed by atoms with Gasteiger partial charge in [0.15, 0.2) is 6.61 Å². The quantitative estimate of drug-likeness (QED) is 0.809. The van der Waals surface area contributed by atoms with Gasteiger partial charge < -0.3 is 10.1 Å². The van der Waals surface area contributed by atoms with Gasteiger partial charge in [0.2, 0.25) is 0 Å². The number of carbonyl (C=O) groups excluding carboxylic acids is 2. The summed E-state index contributed by atoms with van der Waals surface area (Å²) in [5, 5.41) is 2.55. The van der Waals surface area contributed by atoms with E-state index in [1.54, 1.807) is 12.1 Å². The van der Waals surface area contributed by atoms with Crippen LogP contribution in [0, 0.1) is 5.82 Å². The van der Waals surface area contributed by atoms with Gasteiger partial charge in [-0.2, -0.15) is 0 Å². The highest BCUT2D eigenvalue weighted by molar-refractivity contribution is 6.30. The third kappa shape index (κ3) is 5.29. The highest BCUT2D eigenvalue weighted by Gasteiger charge is 2.16. The van der Waals surface area contributed by atoms with Crippen molar-refractivity contribution in [3.63, 3.8) is 0 Å². The SMILES string of the molecule is CC(C)(C)c1ccc(C(=O)OCC(=O)Nc2ccc(Cl)cc2F)cc1. The van der Waals surface area contributed by atoms with Gasteiger partial charge in [0, 0.05) is 5.02 Å². The first-order chi connectivity index (χ1) is 11.7. The maximum absolute atomic E-state index is 13.6. The molecule has 2 aromatic carbocycles. The molecule has 0 saturated heterocycles. The summed E-state index contributed by atoms with van der Waals surface area (Å²) >= 11 is 5.64. The first kappa shape index (κ1) is 18.9. The van der Waals surface area contributed by atoms with Crippen LogP contribution in [0.25, 0.3) is 0 Å². The maximum atomic E-state index is 13.6. The number of rotatable bonds is 4. The Balaban J connectivity index is 1.92. The Morgan fingerprint density at radius 3 is 2.32 bits per heavy atom. The van der Waals surface area contributed by atoms with Gasteiger partial charge in [0.1, 0.15) is 5.82 Å². The molecule has 0 heterocycles. The van der Waals surface area contributed by atoms with Crippen molar-refractivity contribution >= 4 is 29.2 Å². The van der Waals surface area contributed by atoms with Crippen molar-refractivity contribution in [3.05, 3.63) is 64.4 Å². The van der Waals surface area contributed by atoms with E-state index in [-0.39, 0.29) is 16.1 Å². The highest BCUT2D eigenvalue weighted by Crippen LogP contribution is 2.22. The van der Waals surface area contributed by atoms with Crippen LogP contribution in [-0.4, -0.2) is 18.5 Å². The average molecular weight is 364 g/mol. The predicted molar refractivity (Wildman–Crippen MR) is 95.5 cm³/mol. The third-order valence-electron chi connectivity index (χ3n) is 3.53. The van der Waals surface area contributed by atoms with E-state index in [1.165, 1.54) is 12.1 Å². The molecule has 0 atom stereocenters. The number of hydrogen-bond donors (Lipinski definition) is 1. The van der Waals surface area contributed by atoms with Crippen LogP contribution in [0.5, 0.6) is 0 Å². The molecule has 2 rings (SSSR count). The number of esters is 1. The van der Waals surface area contributed by atoms with Crippen molar-refractivity contribution in [2.45, 2.75) is 26.2 Å². The van der Waals surface area contributed by atoms with E-state index in [2.05, 4.69) is 26.1 Å². The second-order valence-corrected chi connectivity index (χ2v) is 7.01. The van der Waals surface area contributed by atoms with Gasteiger partial charge in [-0.1, -0.05) is 44.5 Å². The fourth-order valence-electron chi connectivity index (χ4n) is 2.10. The largest absolute Gasteiger partial charge is 0.452 e. The molecule has 0 aliphatic rings. The lowest BCUT2D eigenvalue weighted by molar-refractivity contribution is -0.119. The fourth-order valence-corrected chi connectivity index (χ4v) is 2.26. The van der Waals surface area contributed by atoms with Crippen LogP contribution in [0.3, 0.4) is 0 Å². The van der Waals surface area contributed by atoms with E-state index in [4.69, 9.17) is 16.3 Å². The molecule has 0 aliphatic heterocycles. The van der Waals surface area contributed by atoms with E-state index < -0.39 is 24.3 Å². The summed E-state index contributed by atoms with van der Waals surface area (Å²) in [6.45, 7) is 5.70. The summed E-state index contributed by atoms with van der Waals surface area (Å²) in [5.74, 6) is -1.92. The van der Waals surface area contributed by atoms with Crippen LogP contribution in [-0.2, 0) is 14.9 Å². The Hall–Kier alpha value is -2.40. The lowest BCUT2D eigenvalue weighted by Crippen LogP contribution is -2.21. The Kier molecular flexibility index (Phi) is 5.80. The van der Waals surface area contributed by atoms with Crippen LogP contribution in [0.15, 0.2) is 42.5 Å². The number of carbonyl (C=O) groups is 2. The van der Waals surface area contributed by atoms with Crippen molar-refractivity contribution in [1.82, 2.24) is 0 Å². The average Bonchev–Trinajstić information content (AvgIpc) is 2.54.